The quantitative estimate of drug-likeness (QED) is 0.717. The molecule has 78 valence electrons. The van der Waals surface area contributed by atoms with Gasteiger partial charge in [-0.05, 0) is 12.1 Å². The monoisotopic (exact) mass is 235 g/mol. The molecule has 1 aromatic rings. The van der Waals surface area contributed by atoms with E-state index in [4.69, 9.17) is 17.3 Å². The van der Waals surface area contributed by atoms with E-state index in [0.717, 1.165) is 11.3 Å². The number of amides is 1. The van der Waals surface area contributed by atoms with Crippen LogP contribution in [0, 0.1) is 0 Å². The van der Waals surface area contributed by atoms with Crippen molar-refractivity contribution in [3.8, 4) is 0 Å². The lowest BCUT2D eigenvalue weighted by Gasteiger charge is -2.14. The van der Waals surface area contributed by atoms with E-state index in [1.807, 2.05) is 0 Å². The van der Waals surface area contributed by atoms with Crippen LogP contribution in [0.15, 0.2) is 12.1 Å². The third-order valence-corrected chi connectivity index (χ3v) is 2.96. The first-order valence-corrected chi connectivity index (χ1v) is 5.10. The summed E-state index contributed by atoms with van der Waals surface area (Å²) in [6, 6.07) is 3.21. The summed E-state index contributed by atoms with van der Waals surface area (Å²) in [5, 5.41) is 18.9. The number of halogens is 1. The Morgan fingerprint density at radius 3 is 2.64 bits per heavy atom. The summed E-state index contributed by atoms with van der Waals surface area (Å²) in [5.41, 5.74) is 4.88. The molecule has 2 atom stereocenters. The van der Waals surface area contributed by atoms with Crippen molar-refractivity contribution in [3.05, 3.63) is 21.3 Å². The van der Waals surface area contributed by atoms with Crippen LogP contribution < -0.4 is 5.73 Å². The van der Waals surface area contributed by atoms with Gasteiger partial charge in [0.05, 0.1) is 16.9 Å². The first kappa shape index (κ1) is 11.5. The van der Waals surface area contributed by atoms with E-state index < -0.39 is 18.1 Å². The molecular weight excluding hydrogens is 226 g/mol. The molecule has 1 amide bonds. The van der Waals surface area contributed by atoms with Gasteiger partial charge in [-0.3, -0.25) is 4.79 Å². The number of thiophene rings is 1. The average molecular weight is 236 g/mol. The second-order valence-corrected chi connectivity index (χ2v) is 4.57. The summed E-state index contributed by atoms with van der Waals surface area (Å²) in [5.74, 6) is -0.654. The first-order chi connectivity index (χ1) is 6.50. The minimum Gasteiger partial charge on any atom is -0.389 e. The van der Waals surface area contributed by atoms with Gasteiger partial charge in [0.1, 0.15) is 6.10 Å². The fourth-order valence-electron chi connectivity index (χ4n) is 0.995. The number of nitrogens with two attached hydrogens (primary N) is 1. The molecule has 0 aliphatic rings. The summed E-state index contributed by atoms with van der Waals surface area (Å²) in [6.07, 6.45) is -2.56. The molecule has 1 rings (SSSR count). The third kappa shape index (κ3) is 2.95. The van der Waals surface area contributed by atoms with Crippen LogP contribution in [-0.4, -0.2) is 22.2 Å². The Morgan fingerprint density at radius 1 is 1.57 bits per heavy atom. The fourth-order valence-corrected chi connectivity index (χ4v) is 2.10. The third-order valence-electron chi connectivity index (χ3n) is 1.66. The molecule has 0 saturated heterocycles. The van der Waals surface area contributed by atoms with Gasteiger partial charge in [0.2, 0.25) is 5.91 Å². The lowest BCUT2D eigenvalue weighted by atomic mass is 10.1. The zero-order chi connectivity index (χ0) is 10.7. The Morgan fingerprint density at radius 2 is 2.21 bits per heavy atom. The summed E-state index contributed by atoms with van der Waals surface area (Å²) in [7, 11) is 0. The Labute approximate surface area is 89.9 Å². The minimum atomic E-state index is -1.18. The highest BCUT2D eigenvalue weighted by Gasteiger charge is 2.21. The zero-order valence-electron chi connectivity index (χ0n) is 7.18. The Bertz CT molecular complexity index is 328. The number of carbonyl (C=O) groups is 1. The number of rotatable bonds is 4. The molecule has 0 radical (unpaired) electrons. The van der Waals surface area contributed by atoms with Crippen molar-refractivity contribution >= 4 is 28.8 Å². The minimum absolute atomic E-state index is 0.267. The molecule has 14 heavy (non-hydrogen) atoms. The molecule has 0 bridgehead atoms. The molecule has 1 aromatic heterocycles. The van der Waals surface area contributed by atoms with E-state index in [-0.39, 0.29) is 6.42 Å². The molecule has 0 aliphatic carbocycles. The van der Waals surface area contributed by atoms with E-state index >= 15 is 0 Å². The van der Waals surface area contributed by atoms with Gasteiger partial charge in [-0.1, -0.05) is 11.6 Å². The molecular formula is C8H10ClNO3S. The van der Waals surface area contributed by atoms with Crippen molar-refractivity contribution < 1.29 is 15.0 Å². The molecule has 0 aromatic carbocycles. The highest BCUT2D eigenvalue weighted by Crippen LogP contribution is 2.29. The van der Waals surface area contributed by atoms with Crippen molar-refractivity contribution in [2.45, 2.75) is 18.6 Å². The molecule has 6 heteroatoms. The summed E-state index contributed by atoms with van der Waals surface area (Å²) in [4.78, 5) is 11.0. The van der Waals surface area contributed by atoms with Crippen LogP contribution in [-0.2, 0) is 4.79 Å². The van der Waals surface area contributed by atoms with Crippen LogP contribution in [0.2, 0.25) is 4.34 Å². The van der Waals surface area contributed by atoms with Crippen molar-refractivity contribution in [1.82, 2.24) is 0 Å². The number of aliphatic hydroxyl groups is 2. The molecule has 2 unspecified atom stereocenters. The normalized spacial score (nSPS) is 15.1. The van der Waals surface area contributed by atoms with Crippen molar-refractivity contribution in [2.75, 3.05) is 0 Å². The smallest absolute Gasteiger partial charge is 0.220 e. The van der Waals surface area contributed by atoms with Gasteiger partial charge < -0.3 is 15.9 Å². The van der Waals surface area contributed by atoms with Crippen LogP contribution in [0.3, 0.4) is 0 Å². The van der Waals surface area contributed by atoms with Crippen LogP contribution >= 0.6 is 22.9 Å². The van der Waals surface area contributed by atoms with E-state index in [9.17, 15) is 15.0 Å². The van der Waals surface area contributed by atoms with Crippen LogP contribution in [0.4, 0.5) is 0 Å². The van der Waals surface area contributed by atoms with Gasteiger partial charge in [-0.25, -0.2) is 0 Å². The highest BCUT2D eigenvalue weighted by molar-refractivity contribution is 7.16. The number of hydrogen-bond donors (Lipinski definition) is 3. The molecule has 4 N–H and O–H groups in total. The van der Waals surface area contributed by atoms with E-state index in [1.54, 1.807) is 12.1 Å². The number of carbonyl (C=O) groups excluding carboxylic acids is 1. The Hall–Kier alpha value is -0.620. The summed E-state index contributed by atoms with van der Waals surface area (Å²) >= 11 is 6.80. The van der Waals surface area contributed by atoms with E-state index in [1.165, 1.54) is 0 Å². The number of primary amides is 1. The van der Waals surface area contributed by atoms with Crippen molar-refractivity contribution in [2.24, 2.45) is 5.73 Å². The second kappa shape index (κ2) is 4.75. The summed E-state index contributed by atoms with van der Waals surface area (Å²) < 4.78 is 0.519. The SMILES string of the molecule is NC(=O)CC(O)C(O)c1ccc(Cl)s1. The van der Waals surface area contributed by atoms with Gasteiger partial charge in [-0.15, -0.1) is 11.3 Å². The predicted molar refractivity (Wildman–Crippen MR) is 54.1 cm³/mol. The van der Waals surface area contributed by atoms with Crippen LogP contribution in [0.5, 0.6) is 0 Å². The van der Waals surface area contributed by atoms with Crippen LogP contribution in [0.1, 0.15) is 17.4 Å². The lowest BCUT2D eigenvalue weighted by Crippen LogP contribution is -2.25. The van der Waals surface area contributed by atoms with Gasteiger partial charge >= 0.3 is 0 Å². The van der Waals surface area contributed by atoms with Crippen molar-refractivity contribution in [3.63, 3.8) is 0 Å². The molecule has 0 spiro atoms. The van der Waals surface area contributed by atoms with Crippen LogP contribution in [0.25, 0.3) is 0 Å². The Kier molecular flexibility index (Phi) is 3.88. The maximum Gasteiger partial charge on any atom is 0.220 e. The van der Waals surface area contributed by atoms with Gasteiger partial charge in [0.25, 0.3) is 0 Å². The summed E-state index contributed by atoms with van der Waals surface area (Å²) in [6.45, 7) is 0. The fraction of sp³-hybridized carbons (Fsp3) is 0.375. The molecule has 4 nitrogen and oxygen atoms in total. The zero-order valence-corrected chi connectivity index (χ0v) is 8.76. The number of hydrogen-bond acceptors (Lipinski definition) is 4. The maximum atomic E-state index is 10.5. The standard InChI is InChI=1S/C8H10ClNO3S/c9-6-2-1-5(14-6)8(13)4(11)3-7(10)12/h1-2,4,8,11,13H,3H2,(H2,10,12). The molecule has 0 aliphatic heterocycles. The second-order valence-electron chi connectivity index (χ2n) is 2.82. The molecule has 0 saturated carbocycles. The van der Waals surface area contributed by atoms with E-state index in [2.05, 4.69) is 0 Å². The molecule has 1 heterocycles. The molecule has 0 fully saturated rings. The topological polar surface area (TPSA) is 83.6 Å². The van der Waals surface area contributed by atoms with Gasteiger partial charge in [0, 0.05) is 4.88 Å². The lowest BCUT2D eigenvalue weighted by molar-refractivity contribution is -0.121. The maximum absolute atomic E-state index is 10.5. The first-order valence-electron chi connectivity index (χ1n) is 3.90. The number of aliphatic hydroxyl groups excluding tert-OH is 2. The predicted octanol–water partition coefficient (Wildman–Crippen LogP) is 0.671. The van der Waals surface area contributed by atoms with Gasteiger partial charge in [0.15, 0.2) is 0 Å². The highest BCUT2D eigenvalue weighted by atomic mass is 35.5. The van der Waals surface area contributed by atoms with Crippen molar-refractivity contribution in [1.29, 1.82) is 0 Å². The average Bonchev–Trinajstić information content (AvgIpc) is 2.49. The van der Waals surface area contributed by atoms with E-state index in [0.29, 0.717) is 9.21 Å². The largest absolute Gasteiger partial charge is 0.389 e. The Balaban J connectivity index is 2.65. The van der Waals surface area contributed by atoms with Gasteiger partial charge in [-0.2, -0.15) is 0 Å².